The zero-order valence-electron chi connectivity index (χ0n) is 9.79. The molecular weight excluding hydrogens is 188 g/mol. The van der Waals surface area contributed by atoms with Gasteiger partial charge in [-0.1, -0.05) is 6.92 Å². The number of furan rings is 1. The first-order chi connectivity index (χ1) is 7.08. The van der Waals surface area contributed by atoms with Crippen LogP contribution in [0.25, 0.3) is 0 Å². The van der Waals surface area contributed by atoms with E-state index in [1.807, 2.05) is 26.8 Å². The number of nitrogens with one attached hydrogen (secondary N) is 1. The Bertz CT molecular complexity index is 362. The Morgan fingerprint density at radius 1 is 1.53 bits per heavy atom. The standard InChI is InChI=1S/C12H18N2O/c1-5-11(7-13)14-9(3)12-6-8(2)15-10(12)4/h6,9,11,14H,5H2,1-4H3. The Morgan fingerprint density at radius 2 is 2.20 bits per heavy atom. The molecule has 0 amide bonds. The van der Waals surface area contributed by atoms with Crippen molar-refractivity contribution in [1.82, 2.24) is 5.32 Å². The van der Waals surface area contributed by atoms with Crippen LogP contribution in [0.3, 0.4) is 0 Å². The molecule has 3 nitrogen and oxygen atoms in total. The van der Waals surface area contributed by atoms with Crippen LogP contribution in [0.15, 0.2) is 10.5 Å². The van der Waals surface area contributed by atoms with Gasteiger partial charge >= 0.3 is 0 Å². The molecule has 0 radical (unpaired) electrons. The molecule has 82 valence electrons. The summed E-state index contributed by atoms with van der Waals surface area (Å²) in [6.45, 7) is 7.94. The minimum Gasteiger partial charge on any atom is -0.466 e. The van der Waals surface area contributed by atoms with Crippen molar-refractivity contribution in [2.45, 2.75) is 46.2 Å². The van der Waals surface area contributed by atoms with Crippen LogP contribution in [0, 0.1) is 25.2 Å². The van der Waals surface area contributed by atoms with Crippen molar-refractivity contribution in [1.29, 1.82) is 5.26 Å². The molecule has 3 heteroatoms. The number of nitrogens with zero attached hydrogens (tertiary/aromatic N) is 1. The maximum absolute atomic E-state index is 8.86. The molecule has 0 spiro atoms. The molecule has 0 aromatic carbocycles. The minimum absolute atomic E-state index is 0.0883. The summed E-state index contributed by atoms with van der Waals surface area (Å²) in [4.78, 5) is 0. The third-order valence-corrected chi connectivity index (χ3v) is 2.56. The smallest absolute Gasteiger partial charge is 0.105 e. The van der Waals surface area contributed by atoms with E-state index in [4.69, 9.17) is 9.68 Å². The van der Waals surface area contributed by atoms with Crippen LogP contribution in [0.2, 0.25) is 0 Å². The largest absolute Gasteiger partial charge is 0.466 e. The lowest BCUT2D eigenvalue weighted by Crippen LogP contribution is -2.29. The van der Waals surface area contributed by atoms with E-state index in [1.165, 1.54) is 0 Å². The van der Waals surface area contributed by atoms with Crippen molar-refractivity contribution in [3.63, 3.8) is 0 Å². The van der Waals surface area contributed by atoms with Gasteiger partial charge in [0.25, 0.3) is 0 Å². The van der Waals surface area contributed by atoms with E-state index >= 15 is 0 Å². The number of nitriles is 1. The first-order valence-electron chi connectivity index (χ1n) is 5.31. The number of aryl methyl sites for hydroxylation is 2. The Balaban J connectivity index is 2.73. The van der Waals surface area contributed by atoms with Crippen molar-refractivity contribution >= 4 is 0 Å². The van der Waals surface area contributed by atoms with Crippen molar-refractivity contribution in [2.24, 2.45) is 0 Å². The molecule has 0 aliphatic carbocycles. The average Bonchev–Trinajstić information content (AvgIpc) is 2.54. The summed E-state index contributed by atoms with van der Waals surface area (Å²) >= 11 is 0. The van der Waals surface area contributed by atoms with Gasteiger partial charge in [-0.3, -0.25) is 5.32 Å². The molecular formula is C12H18N2O. The second kappa shape index (κ2) is 4.99. The van der Waals surface area contributed by atoms with Gasteiger partial charge in [0, 0.05) is 11.6 Å². The zero-order chi connectivity index (χ0) is 11.4. The highest BCUT2D eigenvalue weighted by atomic mass is 16.3. The van der Waals surface area contributed by atoms with Crippen molar-refractivity contribution in [3.8, 4) is 6.07 Å². The zero-order valence-corrected chi connectivity index (χ0v) is 9.79. The Labute approximate surface area is 91.1 Å². The van der Waals surface area contributed by atoms with Crippen LogP contribution in [0.5, 0.6) is 0 Å². The van der Waals surface area contributed by atoms with Gasteiger partial charge in [0.15, 0.2) is 0 Å². The topological polar surface area (TPSA) is 49.0 Å². The number of hydrogen-bond acceptors (Lipinski definition) is 3. The van der Waals surface area contributed by atoms with Gasteiger partial charge < -0.3 is 4.42 Å². The Morgan fingerprint density at radius 3 is 2.60 bits per heavy atom. The highest BCUT2D eigenvalue weighted by Crippen LogP contribution is 2.21. The first kappa shape index (κ1) is 11.8. The molecule has 1 rings (SSSR count). The predicted octanol–water partition coefficient (Wildman–Crippen LogP) is 2.85. The highest BCUT2D eigenvalue weighted by Gasteiger charge is 2.15. The monoisotopic (exact) mass is 206 g/mol. The van der Waals surface area contributed by atoms with Crippen LogP contribution in [0.1, 0.15) is 43.4 Å². The lowest BCUT2D eigenvalue weighted by Gasteiger charge is -2.16. The van der Waals surface area contributed by atoms with E-state index in [0.29, 0.717) is 0 Å². The molecule has 1 N–H and O–H groups in total. The molecule has 0 fully saturated rings. The molecule has 15 heavy (non-hydrogen) atoms. The normalized spacial score (nSPS) is 14.6. The van der Waals surface area contributed by atoms with E-state index in [0.717, 1.165) is 23.5 Å². The SMILES string of the molecule is CCC(C#N)NC(C)c1cc(C)oc1C. The van der Waals surface area contributed by atoms with E-state index in [2.05, 4.69) is 18.3 Å². The van der Waals surface area contributed by atoms with Crippen LogP contribution in [-0.2, 0) is 0 Å². The van der Waals surface area contributed by atoms with Gasteiger partial charge in [0.05, 0.1) is 12.1 Å². The van der Waals surface area contributed by atoms with Gasteiger partial charge in [0.1, 0.15) is 11.5 Å². The van der Waals surface area contributed by atoms with Crippen molar-refractivity contribution < 1.29 is 4.42 Å². The van der Waals surface area contributed by atoms with E-state index in [1.54, 1.807) is 0 Å². The van der Waals surface area contributed by atoms with Gasteiger partial charge in [0.2, 0.25) is 0 Å². The van der Waals surface area contributed by atoms with Gasteiger partial charge in [-0.05, 0) is 33.3 Å². The molecule has 1 aromatic heterocycles. The first-order valence-corrected chi connectivity index (χ1v) is 5.31. The molecule has 1 heterocycles. The molecule has 0 bridgehead atoms. The third kappa shape index (κ3) is 2.84. The average molecular weight is 206 g/mol. The molecule has 0 aliphatic rings. The molecule has 0 saturated carbocycles. The molecule has 2 unspecified atom stereocenters. The van der Waals surface area contributed by atoms with Crippen molar-refractivity contribution in [2.75, 3.05) is 0 Å². The molecule has 0 aliphatic heterocycles. The number of hydrogen-bond donors (Lipinski definition) is 1. The van der Waals surface area contributed by atoms with Gasteiger partial charge in [-0.15, -0.1) is 0 Å². The van der Waals surface area contributed by atoms with E-state index in [-0.39, 0.29) is 12.1 Å². The maximum Gasteiger partial charge on any atom is 0.105 e. The van der Waals surface area contributed by atoms with Gasteiger partial charge in [-0.2, -0.15) is 5.26 Å². The van der Waals surface area contributed by atoms with Crippen LogP contribution >= 0.6 is 0 Å². The fraction of sp³-hybridized carbons (Fsp3) is 0.583. The summed E-state index contributed by atoms with van der Waals surface area (Å²) in [6.07, 6.45) is 0.816. The Kier molecular flexibility index (Phi) is 3.93. The summed E-state index contributed by atoms with van der Waals surface area (Å²) in [5, 5.41) is 12.1. The number of rotatable bonds is 4. The lowest BCUT2D eigenvalue weighted by molar-refractivity contribution is 0.476. The van der Waals surface area contributed by atoms with Crippen LogP contribution < -0.4 is 5.32 Å². The summed E-state index contributed by atoms with van der Waals surface area (Å²) in [6, 6.07) is 4.33. The van der Waals surface area contributed by atoms with E-state index < -0.39 is 0 Å². The molecule has 2 atom stereocenters. The summed E-state index contributed by atoms with van der Waals surface area (Å²) in [7, 11) is 0. The van der Waals surface area contributed by atoms with Gasteiger partial charge in [-0.25, -0.2) is 0 Å². The molecule has 1 aromatic rings. The summed E-state index contributed by atoms with van der Waals surface area (Å²) in [5.41, 5.74) is 1.14. The molecule has 0 saturated heterocycles. The maximum atomic E-state index is 8.86. The Hall–Kier alpha value is -1.27. The highest BCUT2D eigenvalue weighted by molar-refractivity contribution is 5.23. The van der Waals surface area contributed by atoms with Crippen molar-refractivity contribution in [3.05, 3.63) is 23.2 Å². The van der Waals surface area contributed by atoms with Crippen LogP contribution in [-0.4, -0.2) is 6.04 Å². The lowest BCUT2D eigenvalue weighted by atomic mass is 10.1. The third-order valence-electron chi connectivity index (χ3n) is 2.56. The van der Waals surface area contributed by atoms with Crippen LogP contribution in [0.4, 0.5) is 0 Å². The second-order valence-corrected chi connectivity index (χ2v) is 3.85. The van der Waals surface area contributed by atoms with E-state index in [9.17, 15) is 0 Å². The fourth-order valence-corrected chi connectivity index (χ4v) is 1.72. The fourth-order valence-electron chi connectivity index (χ4n) is 1.72. The quantitative estimate of drug-likeness (QED) is 0.824. The summed E-state index contributed by atoms with van der Waals surface area (Å²) < 4.78 is 5.46. The minimum atomic E-state index is -0.0883. The second-order valence-electron chi connectivity index (χ2n) is 3.85. The summed E-state index contributed by atoms with van der Waals surface area (Å²) in [5.74, 6) is 1.85. The predicted molar refractivity (Wildman–Crippen MR) is 59.4 cm³/mol.